The average Bonchev–Trinajstić information content (AvgIpc) is 2.57. The Kier molecular flexibility index (Phi) is 6.53. The van der Waals surface area contributed by atoms with E-state index < -0.39 is 0 Å². The van der Waals surface area contributed by atoms with E-state index in [1.54, 1.807) is 11.3 Å². The Morgan fingerprint density at radius 3 is 2.80 bits per heavy atom. The molecule has 0 saturated heterocycles. The summed E-state index contributed by atoms with van der Waals surface area (Å²) in [6, 6.07) is 2.19. The van der Waals surface area contributed by atoms with Gasteiger partial charge in [-0.25, -0.2) is 0 Å². The lowest BCUT2D eigenvalue weighted by atomic mass is 10.1. The predicted octanol–water partition coefficient (Wildman–Crippen LogP) is 4.43. The molecule has 3 heteroatoms. The molecular weight excluding hydrogens is 270 g/mol. The Morgan fingerprint density at radius 2 is 2.20 bits per heavy atom. The molecule has 1 aromatic rings. The number of thiophene rings is 1. The molecule has 1 aromatic heterocycles. The average molecular weight is 290 g/mol. The zero-order valence-electron chi connectivity index (χ0n) is 9.55. The zero-order chi connectivity index (χ0) is 11.1. The third-order valence-corrected chi connectivity index (χ3v) is 3.89. The molecule has 0 spiro atoms. The molecule has 1 N–H and O–H groups in total. The number of hydrogen-bond donors (Lipinski definition) is 1. The zero-order valence-corrected chi connectivity index (χ0v) is 12.0. The van der Waals surface area contributed by atoms with Crippen LogP contribution in [0.1, 0.15) is 38.7 Å². The van der Waals surface area contributed by atoms with E-state index in [4.69, 9.17) is 0 Å². The largest absolute Gasteiger partial charge is 0.313 e. The summed E-state index contributed by atoms with van der Waals surface area (Å²) in [7, 11) is 0. The van der Waals surface area contributed by atoms with Crippen LogP contribution in [0.15, 0.2) is 15.2 Å². The van der Waals surface area contributed by atoms with Gasteiger partial charge in [0.2, 0.25) is 0 Å². The van der Waals surface area contributed by atoms with Crippen LogP contribution >= 0.6 is 27.3 Å². The van der Waals surface area contributed by atoms with Crippen LogP contribution in [0.2, 0.25) is 0 Å². The first-order valence-electron chi connectivity index (χ1n) is 5.62. The first-order chi connectivity index (χ1) is 7.18. The van der Waals surface area contributed by atoms with Crippen LogP contribution in [0, 0.1) is 5.92 Å². The Bertz CT molecular complexity index is 270. The second-order valence-corrected chi connectivity index (χ2v) is 6.62. The quantitative estimate of drug-likeness (QED) is 0.733. The van der Waals surface area contributed by atoms with E-state index in [0.29, 0.717) is 0 Å². The molecule has 0 aromatic carbocycles. The third-order valence-electron chi connectivity index (χ3n) is 2.34. The Labute approximate surface area is 105 Å². The molecule has 1 rings (SSSR count). The first kappa shape index (κ1) is 13.2. The van der Waals surface area contributed by atoms with Gasteiger partial charge in [-0.15, -0.1) is 11.3 Å². The maximum Gasteiger partial charge on any atom is 0.0701 e. The lowest BCUT2D eigenvalue weighted by Crippen LogP contribution is -2.14. The lowest BCUT2D eigenvalue weighted by molar-refractivity contribution is 0.521. The first-order valence-corrected chi connectivity index (χ1v) is 7.29. The molecular formula is C12H20BrNS. The fraction of sp³-hybridized carbons (Fsp3) is 0.667. The molecule has 0 radical (unpaired) electrons. The van der Waals surface area contributed by atoms with Crippen molar-refractivity contribution in [1.82, 2.24) is 5.32 Å². The highest BCUT2D eigenvalue weighted by molar-refractivity contribution is 9.11. The molecule has 15 heavy (non-hydrogen) atoms. The van der Waals surface area contributed by atoms with Gasteiger partial charge in [-0.3, -0.25) is 0 Å². The number of halogens is 1. The molecule has 0 aliphatic rings. The molecule has 0 amide bonds. The summed E-state index contributed by atoms with van der Waals surface area (Å²) in [5.74, 6) is 0.845. The van der Waals surface area contributed by atoms with Crippen molar-refractivity contribution in [3.05, 3.63) is 20.8 Å². The summed E-state index contributed by atoms with van der Waals surface area (Å²) in [4.78, 5) is 0. The monoisotopic (exact) mass is 289 g/mol. The summed E-state index contributed by atoms with van der Waals surface area (Å²) in [6.07, 6.45) is 3.99. The molecule has 0 atom stereocenters. The Morgan fingerprint density at radius 1 is 1.40 bits per heavy atom. The van der Waals surface area contributed by atoms with Crippen molar-refractivity contribution in [3.8, 4) is 0 Å². The van der Waals surface area contributed by atoms with Crippen LogP contribution in [0.25, 0.3) is 0 Å². The summed E-state index contributed by atoms with van der Waals surface area (Å²) in [6.45, 7) is 6.72. The van der Waals surface area contributed by atoms with E-state index in [2.05, 4.69) is 46.5 Å². The van der Waals surface area contributed by atoms with E-state index in [1.807, 2.05) is 0 Å². The van der Waals surface area contributed by atoms with Gasteiger partial charge in [-0.2, -0.15) is 0 Å². The maximum absolute atomic E-state index is 3.47. The van der Waals surface area contributed by atoms with Crippen molar-refractivity contribution in [2.24, 2.45) is 5.92 Å². The molecule has 86 valence electrons. The highest BCUT2D eigenvalue weighted by atomic mass is 79.9. The fourth-order valence-electron chi connectivity index (χ4n) is 1.47. The van der Waals surface area contributed by atoms with Gasteiger partial charge >= 0.3 is 0 Å². The van der Waals surface area contributed by atoms with E-state index in [9.17, 15) is 0 Å². The number of nitrogens with one attached hydrogen (secondary N) is 1. The number of rotatable bonds is 7. The summed E-state index contributed by atoms with van der Waals surface area (Å²) < 4.78 is 1.22. The second kappa shape index (κ2) is 7.42. The topological polar surface area (TPSA) is 12.0 Å². The van der Waals surface area contributed by atoms with Gasteiger partial charge in [0.05, 0.1) is 3.79 Å². The minimum atomic E-state index is 0.845. The fourth-order valence-corrected chi connectivity index (χ4v) is 2.68. The molecule has 1 nitrogen and oxygen atoms in total. The van der Waals surface area contributed by atoms with Crippen molar-refractivity contribution in [1.29, 1.82) is 0 Å². The Balaban J connectivity index is 1.98. The molecule has 0 aliphatic heterocycles. The standard InChI is InChI=1S/C12H20BrNS/c1-10(2)5-3-4-6-14-8-11-7-12(13)15-9-11/h7,9-10,14H,3-6,8H2,1-2H3. The molecule has 0 aliphatic carbocycles. The van der Waals surface area contributed by atoms with Gasteiger partial charge in [0, 0.05) is 6.54 Å². The maximum atomic E-state index is 3.47. The summed E-state index contributed by atoms with van der Waals surface area (Å²) in [5.41, 5.74) is 1.38. The second-order valence-electron chi connectivity index (χ2n) is 4.33. The van der Waals surface area contributed by atoms with Gasteiger partial charge in [0.15, 0.2) is 0 Å². The van der Waals surface area contributed by atoms with Crippen LogP contribution in [0.3, 0.4) is 0 Å². The highest BCUT2D eigenvalue weighted by Gasteiger charge is 1.97. The Hall–Kier alpha value is 0.140. The van der Waals surface area contributed by atoms with Crippen molar-refractivity contribution in [2.75, 3.05) is 6.54 Å². The molecule has 0 fully saturated rings. The van der Waals surface area contributed by atoms with E-state index in [0.717, 1.165) is 19.0 Å². The van der Waals surface area contributed by atoms with Gasteiger partial charge in [0.1, 0.15) is 0 Å². The molecule has 0 bridgehead atoms. The minimum absolute atomic E-state index is 0.845. The van der Waals surface area contributed by atoms with Crippen LogP contribution in [0.4, 0.5) is 0 Å². The number of unbranched alkanes of at least 4 members (excludes halogenated alkanes) is 1. The number of hydrogen-bond acceptors (Lipinski definition) is 2. The molecule has 0 saturated carbocycles. The van der Waals surface area contributed by atoms with Crippen molar-refractivity contribution in [2.45, 2.75) is 39.7 Å². The van der Waals surface area contributed by atoms with Gasteiger partial charge in [0.25, 0.3) is 0 Å². The van der Waals surface area contributed by atoms with Crippen molar-refractivity contribution in [3.63, 3.8) is 0 Å². The van der Waals surface area contributed by atoms with Crippen LogP contribution in [-0.4, -0.2) is 6.54 Å². The minimum Gasteiger partial charge on any atom is -0.313 e. The van der Waals surface area contributed by atoms with Gasteiger partial charge < -0.3 is 5.32 Å². The molecule has 0 unspecified atom stereocenters. The van der Waals surface area contributed by atoms with Crippen molar-refractivity contribution >= 4 is 27.3 Å². The van der Waals surface area contributed by atoms with Crippen LogP contribution in [0.5, 0.6) is 0 Å². The summed E-state index contributed by atoms with van der Waals surface area (Å²) >= 11 is 5.23. The van der Waals surface area contributed by atoms with Gasteiger partial charge in [-0.05, 0) is 51.8 Å². The molecule has 1 heterocycles. The van der Waals surface area contributed by atoms with Crippen molar-refractivity contribution < 1.29 is 0 Å². The smallest absolute Gasteiger partial charge is 0.0701 e. The highest BCUT2D eigenvalue weighted by Crippen LogP contribution is 2.20. The van der Waals surface area contributed by atoms with E-state index in [1.165, 1.54) is 28.6 Å². The predicted molar refractivity (Wildman–Crippen MR) is 72.4 cm³/mol. The van der Waals surface area contributed by atoms with E-state index in [-0.39, 0.29) is 0 Å². The van der Waals surface area contributed by atoms with Gasteiger partial charge in [-0.1, -0.05) is 26.7 Å². The SMILES string of the molecule is CC(C)CCCCNCc1csc(Br)c1. The summed E-state index contributed by atoms with van der Waals surface area (Å²) in [5, 5.41) is 5.67. The normalized spacial score (nSPS) is 11.2. The third kappa shape index (κ3) is 6.33. The van der Waals surface area contributed by atoms with E-state index >= 15 is 0 Å². The lowest BCUT2D eigenvalue weighted by Gasteiger charge is -2.05. The van der Waals surface area contributed by atoms with Crippen LogP contribution in [-0.2, 0) is 6.54 Å². The van der Waals surface area contributed by atoms with Crippen LogP contribution < -0.4 is 5.32 Å².